The maximum atomic E-state index is 13.9. The van der Waals surface area contributed by atoms with E-state index < -0.39 is 34.7 Å². The highest BCUT2D eigenvalue weighted by Crippen LogP contribution is 2.30. The van der Waals surface area contributed by atoms with Gasteiger partial charge in [0.1, 0.15) is 5.54 Å². The van der Waals surface area contributed by atoms with Crippen LogP contribution in [0.1, 0.15) is 16.8 Å². The Morgan fingerprint density at radius 1 is 1.25 bits per heavy atom. The number of hydrogen-bond donors (Lipinski definition) is 3. The van der Waals surface area contributed by atoms with Gasteiger partial charge in [-0.25, -0.2) is 13.6 Å². The highest BCUT2D eigenvalue weighted by molar-refractivity contribution is 5.88. The summed E-state index contributed by atoms with van der Waals surface area (Å²) in [6.45, 7) is -0.0311. The van der Waals surface area contributed by atoms with Gasteiger partial charge in [0.25, 0.3) is 0 Å². The van der Waals surface area contributed by atoms with Gasteiger partial charge < -0.3 is 20.8 Å². The topological polar surface area (TPSA) is 104 Å². The third-order valence-corrected chi connectivity index (χ3v) is 3.36. The Balaban J connectivity index is 2.34. The summed E-state index contributed by atoms with van der Waals surface area (Å²) in [5.41, 5.74) is 3.16. The molecular weight excluding hydrogens is 274 g/mol. The SMILES string of the molecule is NC1(C(=O)O)CCN(c2ccc(C(=O)O)c(F)c2F)C1. The van der Waals surface area contributed by atoms with Gasteiger partial charge in [0, 0.05) is 13.1 Å². The Bertz CT molecular complexity index is 593. The lowest BCUT2D eigenvalue weighted by molar-refractivity contribution is -0.142. The van der Waals surface area contributed by atoms with Crippen molar-refractivity contribution in [1.29, 1.82) is 0 Å². The van der Waals surface area contributed by atoms with Crippen LogP contribution < -0.4 is 10.6 Å². The molecule has 1 aromatic rings. The van der Waals surface area contributed by atoms with Crippen LogP contribution >= 0.6 is 0 Å². The molecule has 4 N–H and O–H groups in total. The first-order valence-corrected chi connectivity index (χ1v) is 5.75. The van der Waals surface area contributed by atoms with E-state index in [1.807, 2.05) is 0 Å². The Labute approximate surface area is 112 Å². The Morgan fingerprint density at radius 3 is 2.40 bits per heavy atom. The number of nitrogens with zero attached hydrogens (tertiary/aromatic N) is 1. The monoisotopic (exact) mass is 286 g/mol. The van der Waals surface area contributed by atoms with Crippen LogP contribution in [0.4, 0.5) is 14.5 Å². The summed E-state index contributed by atoms with van der Waals surface area (Å²) in [6, 6.07) is 2.04. The van der Waals surface area contributed by atoms with Gasteiger partial charge in [0.05, 0.1) is 11.3 Å². The van der Waals surface area contributed by atoms with Gasteiger partial charge in [-0.15, -0.1) is 0 Å². The minimum atomic E-state index is -1.58. The molecule has 1 aromatic carbocycles. The predicted molar refractivity (Wildman–Crippen MR) is 64.7 cm³/mol. The lowest BCUT2D eigenvalue weighted by atomic mass is 10.0. The van der Waals surface area contributed by atoms with Gasteiger partial charge in [0.2, 0.25) is 0 Å². The molecule has 6 nitrogen and oxygen atoms in total. The maximum Gasteiger partial charge on any atom is 0.338 e. The van der Waals surface area contributed by atoms with E-state index in [9.17, 15) is 18.4 Å². The lowest BCUT2D eigenvalue weighted by Gasteiger charge is -2.22. The number of carbonyl (C=O) groups is 2. The van der Waals surface area contributed by atoms with Crippen LogP contribution in [0.3, 0.4) is 0 Å². The van der Waals surface area contributed by atoms with E-state index in [4.69, 9.17) is 15.9 Å². The zero-order valence-electron chi connectivity index (χ0n) is 10.3. The first-order valence-electron chi connectivity index (χ1n) is 5.75. The number of carboxylic acid groups (broad SMARTS) is 2. The molecule has 1 aliphatic rings. The molecule has 1 aliphatic heterocycles. The molecule has 0 aromatic heterocycles. The number of halogens is 2. The van der Waals surface area contributed by atoms with Crippen molar-refractivity contribution in [3.05, 3.63) is 29.3 Å². The van der Waals surface area contributed by atoms with E-state index in [2.05, 4.69) is 0 Å². The van der Waals surface area contributed by atoms with Crippen LogP contribution in [-0.4, -0.2) is 40.8 Å². The highest BCUT2D eigenvalue weighted by Gasteiger charge is 2.42. The van der Waals surface area contributed by atoms with Crippen LogP contribution in [0.25, 0.3) is 0 Å². The largest absolute Gasteiger partial charge is 0.480 e. The first-order chi connectivity index (χ1) is 9.26. The fourth-order valence-electron chi connectivity index (χ4n) is 2.16. The van der Waals surface area contributed by atoms with Crippen molar-refractivity contribution in [2.75, 3.05) is 18.0 Å². The number of rotatable bonds is 3. The summed E-state index contributed by atoms with van der Waals surface area (Å²) in [5, 5.41) is 17.7. The minimum Gasteiger partial charge on any atom is -0.480 e. The summed E-state index contributed by atoms with van der Waals surface area (Å²) < 4.78 is 27.4. The second kappa shape index (κ2) is 4.71. The Morgan fingerprint density at radius 2 is 1.90 bits per heavy atom. The zero-order valence-corrected chi connectivity index (χ0v) is 10.3. The molecule has 1 heterocycles. The smallest absolute Gasteiger partial charge is 0.338 e. The number of carboxylic acids is 2. The quantitative estimate of drug-likeness (QED) is 0.754. The molecule has 1 fully saturated rings. The van der Waals surface area contributed by atoms with Gasteiger partial charge in [-0.1, -0.05) is 0 Å². The van der Waals surface area contributed by atoms with Crippen molar-refractivity contribution < 1.29 is 28.6 Å². The molecule has 0 amide bonds. The highest BCUT2D eigenvalue weighted by atomic mass is 19.2. The average molecular weight is 286 g/mol. The molecule has 2 rings (SSSR count). The van der Waals surface area contributed by atoms with E-state index in [1.54, 1.807) is 0 Å². The molecule has 0 spiro atoms. The average Bonchev–Trinajstić information content (AvgIpc) is 2.76. The van der Waals surface area contributed by atoms with Gasteiger partial charge in [-0.05, 0) is 18.6 Å². The maximum absolute atomic E-state index is 13.9. The lowest BCUT2D eigenvalue weighted by Crippen LogP contribution is -2.50. The second-order valence-corrected chi connectivity index (χ2v) is 4.70. The van der Waals surface area contributed by atoms with Crippen molar-refractivity contribution in [3.63, 3.8) is 0 Å². The van der Waals surface area contributed by atoms with Crippen molar-refractivity contribution in [3.8, 4) is 0 Å². The molecule has 0 radical (unpaired) electrons. The number of benzene rings is 1. The van der Waals surface area contributed by atoms with Gasteiger partial charge in [-0.3, -0.25) is 4.79 Å². The first kappa shape index (κ1) is 14.2. The van der Waals surface area contributed by atoms with Crippen molar-refractivity contribution in [1.82, 2.24) is 0 Å². The van der Waals surface area contributed by atoms with E-state index in [0.717, 1.165) is 12.1 Å². The summed E-state index contributed by atoms with van der Waals surface area (Å²) in [5.74, 6) is -5.59. The Hall–Kier alpha value is -2.22. The molecule has 0 bridgehead atoms. The van der Waals surface area contributed by atoms with Crippen molar-refractivity contribution >= 4 is 17.6 Å². The normalized spacial score (nSPS) is 22.1. The number of anilines is 1. The minimum absolute atomic E-state index is 0.0874. The predicted octanol–water partition coefficient (Wildman–Crippen LogP) is 0.655. The van der Waals surface area contributed by atoms with Crippen molar-refractivity contribution in [2.24, 2.45) is 5.73 Å². The molecule has 0 saturated carbocycles. The van der Waals surface area contributed by atoms with E-state index >= 15 is 0 Å². The summed E-state index contributed by atoms with van der Waals surface area (Å²) >= 11 is 0. The number of hydrogen-bond acceptors (Lipinski definition) is 4. The van der Waals surface area contributed by atoms with Crippen molar-refractivity contribution in [2.45, 2.75) is 12.0 Å². The Kier molecular flexibility index (Phi) is 3.34. The molecule has 1 unspecified atom stereocenters. The number of nitrogens with two attached hydrogens (primary N) is 1. The fraction of sp³-hybridized carbons (Fsp3) is 0.333. The molecular formula is C12H12F2N2O4. The molecule has 0 aliphatic carbocycles. The third-order valence-electron chi connectivity index (χ3n) is 3.36. The summed E-state index contributed by atoms with van der Waals surface area (Å²) in [7, 11) is 0. The molecule has 108 valence electrons. The number of aliphatic carboxylic acids is 1. The van der Waals surface area contributed by atoms with Gasteiger partial charge >= 0.3 is 11.9 Å². The van der Waals surface area contributed by atoms with Gasteiger partial charge in [-0.2, -0.15) is 0 Å². The molecule has 1 atom stereocenters. The zero-order chi connectivity index (χ0) is 15.1. The van der Waals surface area contributed by atoms with E-state index in [0.29, 0.717) is 0 Å². The third kappa shape index (κ3) is 2.18. The van der Waals surface area contributed by atoms with Crippen LogP contribution in [0, 0.1) is 11.6 Å². The fourth-order valence-corrected chi connectivity index (χ4v) is 2.16. The van der Waals surface area contributed by atoms with E-state index in [-0.39, 0.29) is 25.2 Å². The van der Waals surface area contributed by atoms with E-state index in [1.165, 1.54) is 4.90 Å². The summed E-state index contributed by atoms with van der Waals surface area (Å²) in [4.78, 5) is 23.0. The van der Waals surface area contributed by atoms with Gasteiger partial charge in [0.15, 0.2) is 11.6 Å². The van der Waals surface area contributed by atoms with Crippen LogP contribution in [0.15, 0.2) is 12.1 Å². The van der Waals surface area contributed by atoms with Crippen LogP contribution in [0.2, 0.25) is 0 Å². The molecule has 20 heavy (non-hydrogen) atoms. The van der Waals surface area contributed by atoms with Crippen LogP contribution in [-0.2, 0) is 4.79 Å². The standard InChI is InChI=1S/C12H12F2N2O4/c13-8-6(10(17)18)1-2-7(9(8)14)16-4-3-12(15,5-16)11(19)20/h1-2H,3-5,15H2,(H,17,18)(H,19,20). The second-order valence-electron chi connectivity index (χ2n) is 4.70. The van der Waals surface area contributed by atoms with Crippen LogP contribution in [0.5, 0.6) is 0 Å². The summed E-state index contributed by atoms with van der Waals surface area (Å²) in [6.07, 6.45) is 0.0874. The molecule has 1 saturated heterocycles. The molecule has 8 heteroatoms. The number of aromatic carboxylic acids is 1.